The summed E-state index contributed by atoms with van der Waals surface area (Å²) in [6.07, 6.45) is 8.32. The van der Waals surface area contributed by atoms with Crippen molar-refractivity contribution in [2.24, 2.45) is 5.92 Å². The minimum atomic E-state index is -0.387. The van der Waals surface area contributed by atoms with Crippen LogP contribution in [0, 0.1) is 30.0 Å². The summed E-state index contributed by atoms with van der Waals surface area (Å²) in [5, 5.41) is 23.3. The predicted octanol–water partition coefficient (Wildman–Crippen LogP) is 3.87. The molecule has 0 bridgehead atoms. The van der Waals surface area contributed by atoms with Crippen LogP contribution in [0.3, 0.4) is 0 Å². The lowest BCUT2D eigenvalue weighted by Gasteiger charge is -2.41. The Labute approximate surface area is 225 Å². The van der Waals surface area contributed by atoms with Crippen LogP contribution in [0.2, 0.25) is 0 Å². The fourth-order valence-electron chi connectivity index (χ4n) is 5.76. The van der Waals surface area contributed by atoms with E-state index in [4.69, 9.17) is 9.47 Å². The van der Waals surface area contributed by atoms with Crippen molar-refractivity contribution in [2.45, 2.75) is 50.8 Å². The van der Waals surface area contributed by atoms with Crippen LogP contribution < -0.4 is 4.74 Å². The van der Waals surface area contributed by atoms with Crippen molar-refractivity contribution in [1.29, 1.82) is 5.26 Å². The van der Waals surface area contributed by atoms with Gasteiger partial charge in [-0.15, -0.1) is 5.10 Å². The molecule has 11 heteroatoms. The maximum Gasteiger partial charge on any atom is 0.148 e. The summed E-state index contributed by atoms with van der Waals surface area (Å²) in [5.74, 6) is 0.413. The van der Waals surface area contributed by atoms with Crippen molar-refractivity contribution < 1.29 is 13.9 Å². The molecule has 1 atom stereocenters. The Morgan fingerprint density at radius 3 is 2.62 bits per heavy atom. The number of piperidine rings is 1. The second-order valence-corrected chi connectivity index (χ2v) is 10.8. The van der Waals surface area contributed by atoms with E-state index in [1.807, 2.05) is 23.9 Å². The van der Waals surface area contributed by atoms with Gasteiger partial charge in [-0.1, -0.05) is 5.21 Å². The number of fused-ring (bicyclic) bond motifs is 1. The van der Waals surface area contributed by atoms with Crippen molar-refractivity contribution in [2.75, 3.05) is 26.3 Å². The largest absolute Gasteiger partial charge is 0.481 e. The van der Waals surface area contributed by atoms with Gasteiger partial charge in [-0.25, -0.2) is 13.6 Å². The van der Waals surface area contributed by atoms with Crippen LogP contribution in [-0.4, -0.2) is 66.8 Å². The van der Waals surface area contributed by atoms with Gasteiger partial charge >= 0.3 is 0 Å². The van der Waals surface area contributed by atoms with Crippen molar-refractivity contribution >= 4 is 5.52 Å². The molecule has 3 aliphatic rings. The first-order chi connectivity index (χ1) is 19.1. The number of nitrogens with zero attached hydrogens (tertiary/aromatic N) is 8. The normalized spacial score (nSPS) is 19.6. The number of ether oxygens (including phenoxy) is 2. The van der Waals surface area contributed by atoms with Gasteiger partial charge in [0.05, 0.1) is 49.1 Å². The lowest BCUT2D eigenvalue weighted by molar-refractivity contribution is -0.0735. The lowest BCUT2D eigenvalue weighted by Crippen LogP contribution is -2.52. The van der Waals surface area contributed by atoms with Crippen LogP contribution in [0.4, 0.5) is 4.39 Å². The van der Waals surface area contributed by atoms with E-state index in [0.717, 1.165) is 68.9 Å². The molecule has 0 spiro atoms. The second-order valence-electron chi connectivity index (χ2n) is 10.8. The SMILES string of the molecule is Cc1c(-c2cc(O[C@@H](c3ccc(F)cn3)C3CC3)c3c(C#N)cnn3c2)nnn1C1CCN(C2COC2)CC1. The molecule has 0 radical (unpaired) electrons. The molecule has 4 aromatic rings. The van der Waals surface area contributed by atoms with Gasteiger partial charge in [-0.2, -0.15) is 10.4 Å². The molecule has 1 saturated carbocycles. The molecule has 6 heterocycles. The molecule has 2 aliphatic heterocycles. The van der Waals surface area contributed by atoms with Gasteiger partial charge in [-0.05, 0) is 50.8 Å². The number of likely N-dealkylation sites (tertiary alicyclic amines) is 1. The first kappa shape index (κ1) is 24.2. The summed E-state index contributed by atoms with van der Waals surface area (Å²) >= 11 is 0. The topological polar surface area (TPSA) is 106 Å². The zero-order valence-electron chi connectivity index (χ0n) is 21.7. The number of pyridine rings is 2. The van der Waals surface area contributed by atoms with E-state index in [0.29, 0.717) is 34.6 Å². The highest BCUT2D eigenvalue weighted by Gasteiger charge is 2.36. The van der Waals surface area contributed by atoms with E-state index in [1.54, 1.807) is 16.8 Å². The molecule has 0 unspecified atom stereocenters. The number of nitriles is 1. The van der Waals surface area contributed by atoms with Gasteiger partial charge in [0, 0.05) is 30.8 Å². The fraction of sp³-hybridized carbons (Fsp3) is 0.464. The third kappa shape index (κ3) is 4.43. The van der Waals surface area contributed by atoms with Gasteiger partial charge in [0.2, 0.25) is 0 Å². The van der Waals surface area contributed by atoms with E-state index < -0.39 is 0 Å². The molecule has 200 valence electrons. The third-order valence-corrected chi connectivity index (χ3v) is 8.23. The minimum Gasteiger partial charge on any atom is -0.481 e. The van der Waals surface area contributed by atoms with Crippen molar-refractivity contribution in [3.8, 4) is 23.1 Å². The highest BCUT2D eigenvalue weighted by molar-refractivity contribution is 5.74. The van der Waals surface area contributed by atoms with Crippen LogP contribution in [0.1, 0.15) is 54.8 Å². The second kappa shape index (κ2) is 9.70. The highest BCUT2D eigenvalue weighted by atomic mass is 19.1. The average molecular weight is 529 g/mol. The Morgan fingerprint density at radius 1 is 1.13 bits per heavy atom. The molecule has 0 N–H and O–H groups in total. The maximum atomic E-state index is 13.6. The van der Waals surface area contributed by atoms with Crippen LogP contribution in [0.25, 0.3) is 16.8 Å². The first-order valence-corrected chi connectivity index (χ1v) is 13.5. The maximum absolute atomic E-state index is 13.6. The zero-order valence-corrected chi connectivity index (χ0v) is 21.7. The Balaban J connectivity index is 1.21. The Kier molecular flexibility index (Phi) is 6.01. The standard InChI is InChI=1S/C28H29FN8O2/c1-17-26(33-34-37(17)22-6-8-35(9-7-22)23-15-38-16-23)19-10-25(27-20(11-30)12-32-36(27)14-19)39-28(18-2-3-18)24-5-4-21(29)13-31-24/h4-5,10,12-14,18,22-23,28H,2-3,6-9,15-16H2,1H3/t28-/m1/s1. The summed E-state index contributed by atoms with van der Waals surface area (Å²) in [5.41, 5.74) is 4.22. The van der Waals surface area contributed by atoms with E-state index in [2.05, 4.69) is 31.4 Å². The number of hydrogen-bond acceptors (Lipinski definition) is 8. The number of rotatable bonds is 7. The Morgan fingerprint density at radius 2 is 1.95 bits per heavy atom. The predicted molar refractivity (Wildman–Crippen MR) is 138 cm³/mol. The number of aromatic nitrogens is 6. The van der Waals surface area contributed by atoms with Crippen LogP contribution in [0.15, 0.2) is 36.8 Å². The number of hydrogen-bond donors (Lipinski definition) is 0. The molecule has 4 aromatic heterocycles. The molecule has 0 aromatic carbocycles. The smallest absolute Gasteiger partial charge is 0.148 e. The van der Waals surface area contributed by atoms with Crippen molar-refractivity contribution in [1.82, 2.24) is 34.5 Å². The molecule has 2 saturated heterocycles. The minimum absolute atomic E-state index is 0.278. The summed E-state index contributed by atoms with van der Waals surface area (Å²) in [7, 11) is 0. The molecule has 0 amide bonds. The average Bonchev–Trinajstić information content (AvgIpc) is 3.56. The van der Waals surface area contributed by atoms with E-state index in [1.165, 1.54) is 12.3 Å². The molecule has 39 heavy (non-hydrogen) atoms. The van der Waals surface area contributed by atoms with Crippen LogP contribution >= 0.6 is 0 Å². The van der Waals surface area contributed by atoms with Crippen molar-refractivity contribution in [3.63, 3.8) is 0 Å². The molecular formula is C28H29FN8O2. The molecule has 7 rings (SSSR count). The zero-order chi connectivity index (χ0) is 26.5. The molecule has 3 fully saturated rings. The van der Waals surface area contributed by atoms with Gasteiger partial charge in [0.25, 0.3) is 0 Å². The van der Waals surface area contributed by atoms with Gasteiger partial charge in [-0.3, -0.25) is 9.88 Å². The fourth-order valence-corrected chi connectivity index (χ4v) is 5.76. The lowest BCUT2D eigenvalue weighted by atomic mass is 10.0. The first-order valence-electron chi connectivity index (χ1n) is 13.5. The monoisotopic (exact) mass is 528 g/mol. The molecular weight excluding hydrogens is 499 g/mol. The quantitative estimate of drug-likeness (QED) is 0.356. The number of halogens is 1. The summed E-state index contributed by atoms with van der Waals surface area (Å²) < 4.78 is 29.2. The Hall–Kier alpha value is -3.88. The summed E-state index contributed by atoms with van der Waals surface area (Å²) in [6.45, 7) is 5.78. The van der Waals surface area contributed by atoms with Crippen molar-refractivity contribution in [3.05, 3.63) is 59.6 Å². The molecule has 1 aliphatic carbocycles. The summed E-state index contributed by atoms with van der Waals surface area (Å²) in [6, 6.07) is 8.05. The third-order valence-electron chi connectivity index (χ3n) is 8.23. The van der Waals surface area contributed by atoms with Crippen LogP contribution in [0.5, 0.6) is 5.75 Å². The van der Waals surface area contributed by atoms with E-state index >= 15 is 0 Å². The summed E-state index contributed by atoms with van der Waals surface area (Å²) in [4.78, 5) is 6.81. The van der Waals surface area contributed by atoms with Crippen LogP contribution in [-0.2, 0) is 4.74 Å². The van der Waals surface area contributed by atoms with E-state index in [-0.39, 0.29) is 17.8 Å². The van der Waals surface area contributed by atoms with Gasteiger partial charge in [0.1, 0.15) is 40.5 Å². The molecule has 10 nitrogen and oxygen atoms in total. The van der Waals surface area contributed by atoms with E-state index in [9.17, 15) is 9.65 Å². The van der Waals surface area contributed by atoms with Gasteiger partial charge in [0.15, 0.2) is 0 Å². The highest BCUT2D eigenvalue weighted by Crippen LogP contribution is 2.44. The van der Waals surface area contributed by atoms with Gasteiger partial charge < -0.3 is 9.47 Å². The Bertz CT molecular complexity index is 1540.